The summed E-state index contributed by atoms with van der Waals surface area (Å²) in [5.74, 6) is -1.95. The lowest BCUT2D eigenvalue weighted by atomic mass is 10.0. The average Bonchev–Trinajstić information content (AvgIpc) is 2.30. The molecule has 0 radical (unpaired) electrons. The normalized spacial score (nSPS) is 14.1. The number of hydrogen-bond donors (Lipinski definition) is 1. The third-order valence-corrected chi connectivity index (χ3v) is 3.35. The van der Waals surface area contributed by atoms with E-state index in [-0.39, 0.29) is 18.5 Å². The van der Waals surface area contributed by atoms with Gasteiger partial charge in [0.1, 0.15) is 6.61 Å². The van der Waals surface area contributed by atoms with Crippen LogP contribution in [-0.4, -0.2) is 29.0 Å². The predicted octanol–water partition coefficient (Wildman–Crippen LogP) is 2.84. The Balaban J connectivity index is 4.14. The van der Waals surface area contributed by atoms with Gasteiger partial charge in [-0.2, -0.15) is 0 Å². The maximum absolute atomic E-state index is 11.7. The molecular formula is C12H21BrO4. The molecule has 0 aliphatic heterocycles. The number of carbonyl (C=O) groups excluding carboxylic acids is 1. The molecule has 0 unspecified atom stereocenters. The number of esters is 1. The van der Waals surface area contributed by atoms with E-state index in [9.17, 15) is 9.59 Å². The van der Waals surface area contributed by atoms with Crippen molar-refractivity contribution in [1.82, 2.24) is 0 Å². The van der Waals surface area contributed by atoms with Gasteiger partial charge < -0.3 is 9.84 Å². The molecule has 0 fully saturated rings. The van der Waals surface area contributed by atoms with Crippen molar-refractivity contribution in [3.8, 4) is 0 Å². The van der Waals surface area contributed by atoms with Crippen molar-refractivity contribution in [2.45, 2.75) is 39.5 Å². The van der Waals surface area contributed by atoms with E-state index >= 15 is 0 Å². The molecule has 100 valence electrons. The molecule has 0 saturated heterocycles. The van der Waals surface area contributed by atoms with E-state index in [1.165, 1.54) is 0 Å². The first-order chi connectivity index (χ1) is 8.06. The van der Waals surface area contributed by atoms with E-state index in [0.29, 0.717) is 11.8 Å². The van der Waals surface area contributed by atoms with Crippen molar-refractivity contribution in [3.05, 3.63) is 0 Å². The minimum atomic E-state index is -0.898. The second-order valence-electron chi connectivity index (χ2n) is 4.09. The summed E-state index contributed by atoms with van der Waals surface area (Å²) in [6.45, 7) is 3.89. The zero-order valence-electron chi connectivity index (χ0n) is 10.4. The lowest BCUT2D eigenvalue weighted by Gasteiger charge is -2.15. The number of halogens is 1. The van der Waals surface area contributed by atoms with Crippen molar-refractivity contribution < 1.29 is 19.4 Å². The highest BCUT2D eigenvalue weighted by Gasteiger charge is 2.22. The third-order valence-electron chi connectivity index (χ3n) is 2.57. The first-order valence-electron chi connectivity index (χ1n) is 6.02. The zero-order chi connectivity index (χ0) is 13.3. The van der Waals surface area contributed by atoms with Crippen molar-refractivity contribution in [2.24, 2.45) is 11.8 Å². The molecule has 0 aromatic rings. The van der Waals surface area contributed by atoms with Crippen LogP contribution >= 0.6 is 15.9 Å². The summed E-state index contributed by atoms with van der Waals surface area (Å²) < 4.78 is 5.07. The van der Waals surface area contributed by atoms with Gasteiger partial charge in [0.15, 0.2) is 0 Å². The van der Waals surface area contributed by atoms with Gasteiger partial charge in [-0.1, -0.05) is 42.6 Å². The molecule has 0 aromatic heterocycles. The van der Waals surface area contributed by atoms with Crippen LogP contribution < -0.4 is 0 Å². The summed E-state index contributed by atoms with van der Waals surface area (Å²) >= 11 is 3.27. The van der Waals surface area contributed by atoms with Crippen molar-refractivity contribution in [2.75, 3.05) is 11.9 Å². The molecule has 4 nitrogen and oxygen atoms in total. The van der Waals surface area contributed by atoms with Crippen LogP contribution in [0, 0.1) is 11.8 Å². The SMILES string of the molecule is CCC[C@H](COC(=O)[C@H](CBr)CCC)C(=O)O. The third kappa shape index (κ3) is 6.66. The summed E-state index contributed by atoms with van der Waals surface area (Å²) in [5.41, 5.74) is 0. The van der Waals surface area contributed by atoms with Gasteiger partial charge in [0.05, 0.1) is 11.8 Å². The minimum Gasteiger partial charge on any atom is -0.481 e. The van der Waals surface area contributed by atoms with Gasteiger partial charge in [-0.25, -0.2) is 0 Å². The highest BCUT2D eigenvalue weighted by atomic mass is 79.9. The number of aliphatic carboxylic acids is 1. The summed E-state index contributed by atoms with van der Waals surface area (Å²) in [4.78, 5) is 22.5. The van der Waals surface area contributed by atoms with Gasteiger partial charge >= 0.3 is 11.9 Å². The molecule has 2 atom stereocenters. The topological polar surface area (TPSA) is 63.6 Å². The van der Waals surface area contributed by atoms with E-state index < -0.39 is 11.9 Å². The second-order valence-corrected chi connectivity index (χ2v) is 4.74. The number of ether oxygens (including phenoxy) is 1. The Bertz CT molecular complexity index is 243. The molecule has 0 saturated carbocycles. The number of rotatable bonds is 9. The number of carboxylic acids is 1. The molecule has 0 bridgehead atoms. The molecule has 0 spiro atoms. The van der Waals surface area contributed by atoms with Crippen LogP contribution in [0.1, 0.15) is 39.5 Å². The number of carbonyl (C=O) groups is 2. The van der Waals surface area contributed by atoms with E-state index in [2.05, 4.69) is 15.9 Å². The van der Waals surface area contributed by atoms with Gasteiger partial charge in [0.2, 0.25) is 0 Å². The van der Waals surface area contributed by atoms with Crippen LogP contribution in [0.25, 0.3) is 0 Å². The lowest BCUT2D eigenvalue weighted by molar-refractivity contribution is -0.154. The van der Waals surface area contributed by atoms with Gasteiger partial charge in [-0.05, 0) is 12.8 Å². The number of carboxylic acid groups (broad SMARTS) is 1. The molecule has 0 rings (SSSR count). The highest BCUT2D eigenvalue weighted by Crippen LogP contribution is 2.14. The quantitative estimate of drug-likeness (QED) is 0.525. The molecule has 17 heavy (non-hydrogen) atoms. The van der Waals surface area contributed by atoms with Crippen LogP contribution in [0.2, 0.25) is 0 Å². The summed E-state index contributed by atoms with van der Waals surface area (Å²) in [7, 11) is 0. The van der Waals surface area contributed by atoms with Crippen LogP contribution in [0.15, 0.2) is 0 Å². The molecule has 0 aromatic carbocycles. The van der Waals surface area contributed by atoms with Crippen molar-refractivity contribution >= 4 is 27.9 Å². The summed E-state index contributed by atoms with van der Waals surface area (Å²) in [5, 5.41) is 9.48. The standard InChI is InChI=1S/C12H21BrO4/c1-3-5-9(7-13)12(16)17-8-10(6-4-2)11(14)15/h9-10H,3-8H2,1-2H3,(H,14,15)/t9-,10+/m0/s1. The minimum absolute atomic E-state index is 0.0186. The largest absolute Gasteiger partial charge is 0.481 e. The van der Waals surface area contributed by atoms with Gasteiger partial charge in [-0.3, -0.25) is 9.59 Å². The van der Waals surface area contributed by atoms with E-state index in [4.69, 9.17) is 9.84 Å². The summed E-state index contributed by atoms with van der Waals surface area (Å²) in [6.07, 6.45) is 2.97. The fraction of sp³-hybridized carbons (Fsp3) is 0.833. The number of alkyl halides is 1. The van der Waals surface area contributed by atoms with Crippen molar-refractivity contribution in [1.29, 1.82) is 0 Å². The maximum Gasteiger partial charge on any atom is 0.309 e. The Morgan fingerprint density at radius 2 is 1.71 bits per heavy atom. The molecule has 0 aliphatic rings. The molecule has 0 heterocycles. The fourth-order valence-corrected chi connectivity index (χ4v) is 2.12. The molecule has 0 aliphatic carbocycles. The Morgan fingerprint density at radius 1 is 1.18 bits per heavy atom. The van der Waals surface area contributed by atoms with E-state index in [1.807, 2.05) is 13.8 Å². The van der Waals surface area contributed by atoms with Crippen LogP contribution in [0.3, 0.4) is 0 Å². The van der Waals surface area contributed by atoms with E-state index in [1.54, 1.807) is 0 Å². The fourth-order valence-electron chi connectivity index (χ4n) is 1.53. The average molecular weight is 309 g/mol. The lowest BCUT2D eigenvalue weighted by Crippen LogP contribution is -2.25. The maximum atomic E-state index is 11.7. The van der Waals surface area contributed by atoms with Crippen LogP contribution in [-0.2, 0) is 14.3 Å². The molecule has 1 N–H and O–H groups in total. The molecule has 0 amide bonds. The highest BCUT2D eigenvalue weighted by molar-refractivity contribution is 9.09. The van der Waals surface area contributed by atoms with Crippen LogP contribution in [0.5, 0.6) is 0 Å². The van der Waals surface area contributed by atoms with Crippen LogP contribution in [0.4, 0.5) is 0 Å². The smallest absolute Gasteiger partial charge is 0.309 e. The Morgan fingerprint density at radius 3 is 2.12 bits per heavy atom. The molecule has 5 heteroatoms. The Kier molecular flexibility index (Phi) is 9.13. The predicted molar refractivity (Wildman–Crippen MR) is 69.2 cm³/mol. The Hall–Kier alpha value is -0.580. The molecular weight excluding hydrogens is 288 g/mol. The van der Waals surface area contributed by atoms with Crippen molar-refractivity contribution in [3.63, 3.8) is 0 Å². The van der Waals surface area contributed by atoms with Gasteiger partial charge in [0.25, 0.3) is 0 Å². The second kappa shape index (κ2) is 9.45. The first kappa shape index (κ1) is 16.4. The number of hydrogen-bond acceptors (Lipinski definition) is 3. The van der Waals surface area contributed by atoms with Gasteiger partial charge in [0, 0.05) is 5.33 Å². The van der Waals surface area contributed by atoms with Gasteiger partial charge in [-0.15, -0.1) is 0 Å². The summed E-state index contributed by atoms with van der Waals surface area (Å²) in [6, 6.07) is 0. The first-order valence-corrected chi connectivity index (χ1v) is 7.14. The monoisotopic (exact) mass is 308 g/mol. The zero-order valence-corrected chi connectivity index (χ0v) is 12.0. The Labute approximate surface area is 111 Å². The van der Waals surface area contributed by atoms with E-state index in [0.717, 1.165) is 19.3 Å².